The highest BCUT2D eigenvalue weighted by atomic mass is 16.5. The molecule has 0 aliphatic heterocycles. The van der Waals surface area contributed by atoms with Crippen LogP contribution in [0.15, 0.2) is 59.1 Å². The lowest BCUT2D eigenvalue weighted by molar-refractivity contribution is -0.121. The van der Waals surface area contributed by atoms with E-state index in [-0.39, 0.29) is 12.5 Å². The van der Waals surface area contributed by atoms with Gasteiger partial charge in [-0.2, -0.15) is 4.98 Å². The summed E-state index contributed by atoms with van der Waals surface area (Å²) in [5.41, 5.74) is 1.93. The van der Waals surface area contributed by atoms with E-state index in [1.165, 1.54) is 0 Å². The Morgan fingerprint density at radius 2 is 2.00 bits per heavy atom. The molecule has 0 bridgehead atoms. The maximum Gasteiger partial charge on any atom is 0.246 e. The van der Waals surface area contributed by atoms with Gasteiger partial charge in [-0.05, 0) is 24.1 Å². The third-order valence-corrected chi connectivity index (χ3v) is 3.72. The molecule has 6 nitrogen and oxygen atoms in total. The number of rotatable bonds is 7. The van der Waals surface area contributed by atoms with E-state index in [1.54, 1.807) is 7.11 Å². The summed E-state index contributed by atoms with van der Waals surface area (Å²) >= 11 is 0. The molecule has 0 saturated heterocycles. The average molecular weight is 337 g/mol. The fraction of sp³-hybridized carbons (Fsp3) is 0.211. The number of carbonyl (C=O) groups is 1. The largest absolute Gasteiger partial charge is 0.497 e. The lowest BCUT2D eigenvalue weighted by Crippen LogP contribution is -2.23. The van der Waals surface area contributed by atoms with Gasteiger partial charge >= 0.3 is 0 Å². The predicted molar refractivity (Wildman–Crippen MR) is 92.9 cm³/mol. The van der Waals surface area contributed by atoms with Crippen LogP contribution in [0.5, 0.6) is 5.75 Å². The first-order valence-electron chi connectivity index (χ1n) is 8.02. The van der Waals surface area contributed by atoms with Gasteiger partial charge in [-0.1, -0.05) is 47.6 Å². The van der Waals surface area contributed by atoms with Crippen molar-refractivity contribution in [3.63, 3.8) is 0 Å². The van der Waals surface area contributed by atoms with Crippen LogP contribution in [0.1, 0.15) is 17.9 Å². The zero-order chi connectivity index (χ0) is 17.5. The molecule has 1 heterocycles. The molecule has 3 rings (SSSR count). The fourth-order valence-corrected chi connectivity index (χ4v) is 2.37. The van der Waals surface area contributed by atoms with Crippen LogP contribution in [0, 0.1) is 0 Å². The Kier molecular flexibility index (Phi) is 5.41. The number of nitrogens with zero attached hydrogens (tertiary/aromatic N) is 2. The number of ether oxygens (including phenoxy) is 1. The lowest BCUT2D eigenvalue weighted by atomic mass is 10.1. The predicted octanol–water partition coefficient (Wildman–Crippen LogP) is 2.99. The van der Waals surface area contributed by atoms with Gasteiger partial charge in [-0.15, -0.1) is 0 Å². The molecule has 0 spiro atoms. The van der Waals surface area contributed by atoms with Crippen molar-refractivity contribution in [2.75, 3.05) is 7.11 Å². The Bertz CT molecular complexity index is 831. The first kappa shape index (κ1) is 16.7. The van der Waals surface area contributed by atoms with Crippen LogP contribution in [-0.2, 0) is 17.8 Å². The van der Waals surface area contributed by atoms with Gasteiger partial charge in [-0.3, -0.25) is 4.79 Å². The van der Waals surface area contributed by atoms with E-state index in [9.17, 15) is 4.79 Å². The van der Waals surface area contributed by atoms with Crippen LogP contribution in [0.4, 0.5) is 0 Å². The number of amides is 1. The summed E-state index contributed by atoms with van der Waals surface area (Å²) in [6.07, 6.45) is 1.12. The Labute approximate surface area is 145 Å². The van der Waals surface area contributed by atoms with E-state index in [0.29, 0.717) is 24.6 Å². The topological polar surface area (TPSA) is 77.3 Å². The van der Waals surface area contributed by atoms with Gasteiger partial charge in [0.05, 0.1) is 13.7 Å². The van der Waals surface area contributed by atoms with E-state index in [2.05, 4.69) is 15.5 Å². The van der Waals surface area contributed by atoms with Gasteiger partial charge in [0, 0.05) is 12.0 Å². The number of aromatic nitrogens is 2. The highest BCUT2D eigenvalue weighted by molar-refractivity contribution is 5.76. The average Bonchev–Trinajstić information content (AvgIpc) is 3.15. The molecule has 0 saturated carbocycles. The van der Waals surface area contributed by atoms with Crippen molar-refractivity contribution in [2.24, 2.45) is 0 Å². The summed E-state index contributed by atoms with van der Waals surface area (Å²) in [5.74, 6) is 1.50. The number of methoxy groups -OCH3 is 1. The van der Waals surface area contributed by atoms with Gasteiger partial charge in [0.15, 0.2) is 0 Å². The molecule has 2 aromatic carbocycles. The van der Waals surface area contributed by atoms with Crippen molar-refractivity contribution >= 4 is 5.91 Å². The standard InChI is InChI=1S/C19H19N3O3/c1-24-16-9-5-8-15(12-16)19-21-18(25-22-19)13-20-17(23)11-10-14-6-3-2-4-7-14/h2-9,12H,10-11,13H2,1H3,(H,20,23). The van der Waals surface area contributed by atoms with Crippen molar-refractivity contribution in [2.45, 2.75) is 19.4 Å². The summed E-state index contributed by atoms with van der Waals surface area (Å²) in [6, 6.07) is 17.3. The molecule has 0 radical (unpaired) electrons. The summed E-state index contributed by atoms with van der Waals surface area (Å²) in [7, 11) is 1.60. The number of hydrogen-bond donors (Lipinski definition) is 1. The Morgan fingerprint density at radius 1 is 1.16 bits per heavy atom. The quantitative estimate of drug-likeness (QED) is 0.717. The molecule has 25 heavy (non-hydrogen) atoms. The van der Waals surface area contributed by atoms with Crippen molar-refractivity contribution in [1.29, 1.82) is 0 Å². The van der Waals surface area contributed by atoms with Crippen LogP contribution in [-0.4, -0.2) is 23.2 Å². The number of aryl methyl sites for hydroxylation is 1. The zero-order valence-corrected chi connectivity index (χ0v) is 13.9. The molecular formula is C19H19N3O3. The van der Waals surface area contributed by atoms with Gasteiger partial charge in [-0.25, -0.2) is 0 Å². The van der Waals surface area contributed by atoms with Crippen molar-refractivity contribution in [3.8, 4) is 17.1 Å². The SMILES string of the molecule is COc1cccc(-c2noc(CNC(=O)CCc3ccccc3)n2)c1. The molecule has 1 aromatic heterocycles. The lowest BCUT2D eigenvalue weighted by Gasteiger charge is -2.02. The molecule has 1 amide bonds. The number of hydrogen-bond acceptors (Lipinski definition) is 5. The minimum atomic E-state index is -0.0509. The maximum atomic E-state index is 11.9. The molecule has 0 aliphatic carbocycles. The second-order valence-corrected chi connectivity index (χ2v) is 5.51. The highest BCUT2D eigenvalue weighted by Crippen LogP contribution is 2.21. The maximum absolute atomic E-state index is 11.9. The second-order valence-electron chi connectivity index (χ2n) is 5.51. The first-order valence-corrected chi connectivity index (χ1v) is 8.02. The number of carbonyl (C=O) groups excluding carboxylic acids is 1. The monoisotopic (exact) mass is 337 g/mol. The van der Waals surface area contributed by atoms with E-state index in [4.69, 9.17) is 9.26 Å². The zero-order valence-electron chi connectivity index (χ0n) is 13.9. The normalized spacial score (nSPS) is 10.4. The van der Waals surface area contributed by atoms with E-state index in [0.717, 1.165) is 16.9 Å². The van der Waals surface area contributed by atoms with E-state index < -0.39 is 0 Å². The second kappa shape index (κ2) is 8.10. The molecule has 1 N–H and O–H groups in total. The molecule has 0 unspecified atom stereocenters. The van der Waals surface area contributed by atoms with E-state index in [1.807, 2.05) is 54.6 Å². The van der Waals surface area contributed by atoms with Crippen LogP contribution >= 0.6 is 0 Å². The van der Waals surface area contributed by atoms with E-state index >= 15 is 0 Å². The third-order valence-electron chi connectivity index (χ3n) is 3.72. The number of nitrogens with one attached hydrogen (secondary N) is 1. The first-order chi connectivity index (χ1) is 12.2. The van der Waals surface area contributed by atoms with Crippen LogP contribution < -0.4 is 10.1 Å². The fourth-order valence-electron chi connectivity index (χ4n) is 2.37. The molecule has 3 aromatic rings. The molecular weight excluding hydrogens is 318 g/mol. The highest BCUT2D eigenvalue weighted by Gasteiger charge is 2.10. The smallest absolute Gasteiger partial charge is 0.246 e. The third kappa shape index (κ3) is 4.67. The van der Waals surface area contributed by atoms with Crippen LogP contribution in [0.2, 0.25) is 0 Å². The van der Waals surface area contributed by atoms with Crippen LogP contribution in [0.3, 0.4) is 0 Å². The number of benzene rings is 2. The van der Waals surface area contributed by atoms with Gasteiger partial charge in [0.25, 0.3) is 0 Å². The molecule has 0 aliphatic rings. The Hall–Kier alpha value is -3.15. The molecule has 6 heteroatoms. The van der Waals surface area contributed by atoms with Crippen LogP contribution in [0.25, 0.3) is 11.4 Å². The van der Waals surface area contributed by atoms with Gasteiger partial charge in [0.1, 0.15) is 5.75 Å². The Balaban J connectivity index is 1.52. The summed E-state index contributed by atoms with van der Waals surface area (Å²) < 4.78 is 10.4. The minimum Gasteiger partial charge on any atom is -0.497 e. The molecule has 0 fully saturated rings. The summed E-state index contributed by atoms with van der Waals surface area (Å²) in [5, 5.41) is 6.74. The minimum absolute atomic E-state index is 0.0509. The van der Waals surface area contributed by atoms with Gasteiger partial charge < -0.3 is 14.6 Å². The van der Waals surface area contributed by atoms with Crippen molar-refractivity contribution < 1.29 is 14.1 Å². The summed E-state index contributed by atoms with van der Waals surface area (Å²) in [4.78, 5) is 16.2. The van der Waals surface area contributed by atoms with Gasteiger partial charge in [0.2, 0.25) is 17.6 Å². The van der Waals surface area contributed by atoms with Crippen molar-refractivity contribution in [1.82, 2.24) is 15.5 Å². The van der Waals surface area contributed by atoms with Crippen molar-refractivity contribution in [3.05, 3.63) is 66.1 Å². The Morgan fingerprint density at radius 3 is 2.80 bits per heavy atom. The molecule has 0 atom stereocenters. The summed E-state index contributed by atoms with van der Waals surface area (Å²) in [6.45, 7) is 0.213. The molecule has 128 valence electrons.